The monoisotopic (exact) mass is 354 g/mol. The Labute approximate surface area is 112 Å². The van der Waals surface area contributed by atoms with Gasteiger partial charge in [-0.05, 0) is 47.2 Å². The number of halogens is 3. The minimum absolute atomic E-state index is 0.407. The molecular weight excluding hydrogens is 341 g/mol. The summed E-state index contributed by atoms with van der Waals surface area (Å²) < 4.78 is 26.7. The maximum absolute atomic E-state index is 12.9. The molecule has 0 heterocycles. The van der Waals surface area contributed by atoms with Crippen LogP contribution in [-0.4, -0.2) is 24.9 Å². The number of carbonyl (C=O) groups is 1. The molecular formula is C11H13F2IN2O. The smallest absolute Gasteiger partial charge is 0.277 e. The molecule has 1 aromatic rings. The topological polar surface area (TPSA) is 55.1 Å². The molecule has 0 bridgehead atoms. The standard InChI is InChI=1S/C11H13F2IN2O/c1-7-8(3-2-4-9(7)14)10(17)16-6-11(12,13)5-15/h2-4H,5-6,15H2,1H3,(H,16,17). The molecule has 0 atom stereocenters. The van der Waals surface area contributed by atoms with Crippen molar-refractivity contribution < 1.29 is 13.6 Å². The second-order valence-electron chi connectivity index (χ2n) is 3.66. The number of rotatable bonds is 4. The van der Waals surface area contributed by atoms with Gasteiger partial charge in [0.05, 0.1) is 13.1 Å². The van der Waals surface area contributed by atoms with E-state index in [2.05, 4.69) is 27.9 Å². The Hall–Kier alpha value is -0.760. The van der Waals surface area contributed by atoms with Gasteiger partial charge >= 0.3 is 0 Å². The molecule has 0 fully saturated rings. The Bertz CT molecular complexity index is 424. The third kappa shape index (κ3) is 3.88. The van der Waals surface area contributed by atoms with Crippen LogP contribution in [-0.2, 0) is 0 Å². The Morgan fingerprint density at radius 2 is 2.18 bits per heavy atom. The number of hydrogen-bond donors (Lipinski definition) is 2. The zero-order valence-corrected chi connectivity index (χ0v) is 11.4. The first-order valence-electron chi connectivity index (χ1n) is 4.98. The van der Waals surface area contributed by atoms with Gasteiger partial charge in [0, 0.05) is 9.13 Å². The highest BCUT2D eigenvalue weighted by Crippen LogP contribution is 2.16. The number of amides is 1. The van der Waals surface area contributed by atoms with Crippen molar-refractivity contribution in [2.45, 2.75) is 12.8 Å². The van der Waals surface area contributed by atoms with Gasteiger partial charge in [0.2, 0.25) is 0 Å². The number of carbonyl (C=O) groups excluding carboxylic acids is 1. The van der Waals surface area contributed by atoms with Crippen molar-refractivity contribution in [1.29, 1.82) is 0 Å². The van der Waals surface area contributed by atoms with Crippen LogP contribution >= 0.6 is 22.6 Å². The average molecular weight is 354 g/mol. The van der Waals surface area contributed by atoms with Crippen molar-refractivity contribution in [1.82, 2.24) is 5.32 Å². The third-order valence-corrected chi connectivity index (χ3v) is 3.49. The molecule has 0 unspecified atom stereocenters. The molecule has 6 heteroatoms. The molecule has 3 nitrogen and oxygen atoms in total. The number of nitrogens with two attached hydrogens (primary N) is 1. The third-order valence-electron chi connectivity index (χ3n) is 2.32. The Morgan fingerprint density at radius 3 is 2.76 bits per heavy atom. The van der Waals surface area contributed by atoms with E-state index >= 15 is 0 Å². The number of benzene rings is 1. The first-order valence-corrected chi connectivity index (χ1v) is 6.06. The van der Waals surface area contributed by atoms with Gasteiger partial charge < -0.3 is 11.1 Å². The van der Waals surface area contributed by atoms with Crippen LogP contribution in [0.15, 0.2) is 18.2 Å². The van der Waals surface area contributed by atoms with Crippen molar-refractivity contribution in [3.8, 4) is 0 Å². The normalized spacial score (nSPS) is 11.4. The first kappa shape index (κ1) is 14.3. The molecule has 0 aliphatic rings. The van der Waals surface area contributed by atoms with Crippen LogP contribution in [0, 0.1) is 10.5 Å². The predicted molar refractivity (Wildman–Crippen MR) is 70.2 cm³/mol. The van der Waals surface area contributed by atoms with Crippen LogP contribution in [0.25, 0.3) is 0 Å². The summed E-state index contributed by atoms with van der Waals surface area (Å²) >= 11 is 2.09. The zero-order chi connectivity index (χ0) is 13.1. The maximum Gasteiger partial charge on any atom is 0.277 e. The number of nitrogens with one attached hydrogen (secondary N) is 1. The fourth-order valence-corrected chi connectivity index (χ4v) is 1.73. The molecule has 0 aliphatic heterocycles. The summed E-state index contributed by atoms with van der Waals surface area (Å²) in [5, 5.41) is 2.19. The fraction of sp³-hybridized carbons (Fsp3) is 0.364. The van der Waals surface area contributed by atoms with Crippen LogP contribution in [0.3, 0.4) is 0 Å². The van der Waals surface area contributed by atoms with Gasteiger partial charge in [0.25, 0.3) is 11.8 Å². The molecule has 0 radical (unpaired) electrons. The lowest BCUT2D eigenvalue weighted by atomic mass is 10.1. The van der Waals surface area contributed by atoms with Gasteiger partial charge in [0.15, 0.2) is 0 Å². The maximum atomic E-state index is 12.9. The molecule has 0 aromatic heterocycles. The lowest BCUT2D eigenvalue weighted by molar-refractivity contribution is 0.0118. The zero-order valence-electron chi connectivity index (χ0n) is 9.27. The number of alkyl halides is 2. The summed E-state index contributed by atoms with van der Waals surface area (Å²) in [6.45, 7) is 0.254. The van der Waals surface area contributed by atoms with E-state index in [-0.39, 0.29) is 0 Å². The molecule has 0 saturated carbocycles. The summed E-state index contributed by atoms with van der Waals surface area (Å²) in [7, 11) is 0. The highest BCUT2D eigenvalue weighted by molar-refractivity contribution is 14.1. The molecule has 17 heavy (non-hydrogen) atoms. The second-order valence-corrected chi connectivity index (χ2v) is 4.82. The number of hydrogen-bond acceptors (Lipinski definition) is 2. The molecule has 3 N–H and O–H groups in total. The summed E-state index contributed by atoms with van der Waals surface area (Å²) in [5.74, 6) is -3.57. The minimum atomic E-state index is -3.06. The summed E-state index contributed by atoms with van der Waals surface area (Å²) in [4.78, 5) is 11.7. The predicted octanol–water partition coefficient (Wildman–Crippen LogP) is 1.92. The highest BCUT2D eigenvalue weighted by Gasteiger charge is 2.27. The lowest BCUT2D eigenvalue weighted by Gasteiger charge is -2.15. The van der Waals surface area contributed by atoms with Crippen molar-refractivity contribution in [2.75, 3.05) is 13.1 Å². The van der Waals surface area contributed by atoms with Crippen LogP contribution in [0.4, 0.5) is 8.78 Å². The van der Waals surface area contributed by atoms with E-state index in [1.807, 2.05) is 6.07 Å². The van der Waals surface area contributed by atoms with Gasteiger partial charge in [0.1, 0.15) is 0 Å². The van der Waals surface area contributed by atoms with Crippen molar-refractivity contribution in [3.05, 3.63) is 32.9 Å². The molecule has 1 aromatic carbocycles. The van der Waals surface area contributed by atoms with Gasteiger partial charge in [-0.15, -0.1) is 0 Å². The van der Waals surface area contributed by atoms with E-state index in [0.29, 0.717) is 5.56 Å². The molecule has 0 spiro atoms. The lowest BCUT2D eigenvalue weighted by Crippen LogP contribution is -2.41. The van der Waals surface area contributed by atoms with E-state index in [4.69, 9.17) is 5.73 Å². The van der Waals surface area contributed by atoms with Gasteiger partial charge in [-0.25, -0.2) is 8.78 Å². The van der Waals surface area contributed by atoms with Gasteiger partial charge in [-0.3, -0.25) is 4.79 Å². The molecule has 0 saturated heterocycles. The highest BCUT2D eigenvalue weighted by atomic mass is 127. The van der Waals surface area contributed by atoms with Crippen LogP contribution in [0.5, 0.6) is 0 Å². The Balaban J connectivity index is 2.74. The summed E-state index contributed by atoms with van der Waals surface area (Å²) in [6, 6.07) is 5.17. The van der Waals surface area contributed by atoms with Crippen LogP contribution < -0.4 is 11.1 Å². The van der Waals surface area contributed by atoms with Crippen molar-refractivity contribution >= 4 is 28.5 Å². The molecule has 1 rings (SSSR count). The van der Waals surface area contributed by atoms with Crippen LogP contribution in [0.2, 0.25) is 0 Å². The first-order chi connectivity index (χ1) is 7.87. The molecule has 94 valence electrons. The van der Waals surface area contributed by atoms with E-state index in [9.17, 15) is 13.6 Å². The van der Waals surface area contributed by atoms with Gasteiger partial charge in [-0.2, -0.15) is 0 Å². The van der Waals surface area contributed by atoms with E-state index in [0.717, 1.165) is 9.13 Å². The van der Waals surface area contributed by atoms with E-state index < -0.39 is 24.9 Å². The largest absolute Gasteiger partial charge is 0.346 e. The Kier molecular flexibility index (Phi) is 4.81. The van der Waals surface area contributed by atoms with Crippen LogP contribution in [0.1, 0.15) is 15.9 Å². The van der Waals surface area contributed by atoms with Crippen molar-refractivity contribution in [3.63, 3.8) is 0 Å². The summed E-state index contributed by atoms with van der Waals surface area (Å²) in [5.41, 5.74) is 6.07. The fourth-order valence-electron chi connectivity index (χ4n) is 1.23. The average Bonchev–Trinajstić information content (AvgIpc) is 2.30. The Morgan fingerprint density at radius 1 is 1.53 bits per heavy atom. The second kappa shape index (κ2) is 5.72. The SMILES string of the molecule is Cc1c(I)cccc1C(=O)NCC(F)(F)CN. The van der Waals surface area contributed by atoms with Gasteiger partial charge in [-0.1, -0.05) is 6.07 Å². The molecule has 1 amide bonds. The van der Waals surface area contributed by atoms with E-state index in [1.165, 1.54) is 0 Å². The van der Waals surface area contributed by atoms with Crippen molar-refractivity contribution in [2.24, 2.45) is 5.73 Å². The minimum Gasteiger partial charge on any atom is -0.346 e. The van der Waals surface area contributed by atoms with E-state index in [1.54, 1.807) is 19.1 Å². The molecule has 0 aliphatic carbocycles. The summed E-state index contributed by atoms with van der Waals surface area (Å²) in [6.07, 6.45) is 0. The quantitative estimate of drug-likeness (QED) is 0.812.